The molecule has 0 aliphatic carbocycles. The molecule has 9 heteroatoms. The van der Waals surface area contributed by atoms with Crippen molar-refractivity contribution in [2.45, 2.75) is 19.5 Å². The Morgan fingerprint density at radius 3 is 2.76 bits per heavy atom. The second kappa shape index (κ2) is 7.67. The topological polar surface area (TPSA) is 75.5 Å². The Morgan fingerprint density at radius 2 is 2.04 bits per heavy atom. The van der Waals surface area contributed by atoms with E-state index in [1.807, 2.05) is 28.9 Å². The van der Waals surface area contributed by atoms with Crippen molar-refractivity contribution >= 4 is 60.7 Å². The number of carbonyl (C=O) groups is 2. The molecular formula is C16H14Br2N4O2S. The lowest BCUT2D eigenvalue weighted by Crippen LogP contribution is -2.44. The lowest BCUT2D eigenvalue weighted by Gasteiger charge is -2.12. The smallest absolute Gasteiger partial charge is 0.262 e. The maximum atomic E-state index is 12.2. The number of fused-ring (bicyclic) bond motifs is 1. The van der Waals surface area contributed by atoms with Crippen molar-refractivity contribution in [3.8, 4) is 0 Å². The minimum absolute atomic E-state index is 0.262. The summed E-state index contributed by atoms with van der Waals surface area (Å²) in [6, 6.07) is 6.66. The van der Waals surface area contributed by atoms with Crippen LogP contribution in [0.15, 0.2) is 44.9 Å². The Kier molecular flexibility index (Phi) is 5.55. The highest BCUT2D eigenvalue weighted by molar-refractivity contribution is 9.11. The molecule has 3 aromatic heterocycles. The minimum Gasteiger partial charge on any atom is -0.349 e. The predicted octanol–water partition coefficient (Wildman–Crippen LogP) is 3.36. The molecule has 0 aliphatic rings. The third-order valence-corrected chi connectivity index (χ3v) is 5.54. The van der Waals surface area contributed by atoms with E-state index in [4.69, 9.17) is 0 Å². The number of hydrogen-bond acceptors (Lipinski definition) is 4. The van der Waals surface area contributed by atoms with E-state index in [2.05, 4.69) is 47.5 Å². The number of halogens is 2. The SMILES string of the molecule is CC(NC(=O)c1ccc(Br)s1)C(=O)NCc1cn2cc(Br)ccc2n1. The van der Waals surface area contributed by atoms with E-state index in [-0.39, 0.29) is 11.8 Å². The Balaban J connectivity index is 1.56. The zero-order valence-corrected chi connectivity index (χ0v) is 17.1. The van der Waals surface area contributed by atoms with Gasteiger partial charge in [-0.15, -0.1) is 11.3 Å². The summed E-state index contributed by atoms with van der Waals surface area (Å²) < 4.78 is 3.70. The summed E-state index contributed by atoms with van der Waals surface area (Å²) in [7, 11) is 0. The first-order chi connectivity index (χ1) is 11.9. The van der Waals surface area contributed by atoms with Gasteiger partial charge in [0.25, 0.3) is 5.91 Å². The van der Waals surface area contributed by atoms with Crippen LogP contribution in [0.25, 0.3) is 5.65 Å². The van der Waals surface area contributed by atoms with Crippen LogP contribution in [-0.2, 0) is 11.3 Å². The fourth-order valence-corrected chi connectivity index (χ4v) is 3.84. The van der Waals surface area contributed by atoms with Gasteiger partial charge in [0.05, 0.1) is 20.9 Å². The van der Waals surface area contributed by atoms with Gasteiger partial charge in [0.2, 0.25) is 5.91 Å². The predicted molar refractivity (Wildman–Crippen MR) is 104 cm³/mol. The van der Waals surface area contributed by atoms with Crippen molar-refractivity contribution in [3.63, 3.8) is 0 Å². The lowest BCUT2D eigenvalue weighted by molar-refractivity contribution is -0.122. The van der Waals surface area contributed by atoms with Crippen LogP contribution in [0, 0.1) is 0 Å². The van der Waals surface area contributed by atoms with Crippen LogP contribution >= 0.6 is 43.2 Å². The highest BCUT2D eigenvalue weighted by Gasteiger charge is 2.17. The van der Waals surface area contributed by atoms with E-state index in [0.29, 0.717) is 11.4 Å². The Hall–Kier alpha value is -1.71. The zero-order chi connectivity index (χ0) is 18.0. The second-order valence-electron chi connectivity index (χ2n) is 5.36. The average Bonchev–Trinajstić information content (AvgIpc) is 3.17. The quantitative estimate of drug-likeness (QED) is 0.581. The molecule has 0 bridgehead atoms. The summed E-state index contributed by atoms with van der Waals surface area (Å²) in [4.78, 5) is 29.2. The van der Waals surface area contributed by atoms with Gasteiger partial charge in [-0.05, 0) is 63.0 Å². The minimum atomic E-state index is -0.639. The molecule has 0 aromatic carbocycles. The molecule has 3 rings (SSSR count). The highest BCUT2D eigenvalue weighted by Crippen LogP contribution is 2.21. The molecular weight excluding hydrogens is 472 g/mol. The van der Waals surface area contributed by atoms with Crippen molar-refractivity contribution < 1.29 is 9.59 Å². The van der Waals surface area contributed by atoms with E-state index in [9.17, 15) is 9.59 Å². The van der Waals surface area contributed by atoms with Crippen molar-refractivity contribution in [1.82, 2.24) is 20.0 Å². The van der Waals surface area contributed by atoms with E-state index in [1.54, 1.807) is 19.1 Å². The van der Waals surface area contributed by atoms with Crippen LogP contribution in [0.4, 0.5) is 0 Å². The maximum Gasteiger partial charge on any atom is 0.262 e. The molecule has 0 aliphatic heterocycles. The first-order valence-electron chi connectivity index (χ1n) is 7.39. The van der Waals surface area contributed by atoms with Gasteiger partial charge in [0.1, 0.15) is 11.7 Å². The number of nitrogens with one attached hydrogen (secondary N) is 2. The molecule has 0 spiro atoms. The van der Waals surface area contributed by atoms with Crippen molar-refractivity contribution in [3.05, 3.63) is 55.5 Å². The molecule has 6 nitrogen and oxygen atoms in total. The zero-order valence-electron chi connectivity index (χ0n) is 13.1. The fourth-order valence-electron chi connectivity index (χ4n) is 2.20. The van der Waals surface area contributed by atoms with Gasteiger partial charge in [0, 0.05) is 16.9 Å². The Bertz CT molecular complexity index is 937. The fraction of sp³-hybridized carbons (Fsp3) is 0.188. The standard InChI is InChI=1S/C16H14Br2N4O2S/c1-9(20-16(24)12-3-4-13(18)25-12)15(23)19-6-11-8-22-7-10(17)2-5-14(22)21-11/h2-5,7-9H,6H2,1H3,(H,19,23)(H,20,24). The van der Waals surface area contributed by atoms with Gasteiger partial charge in [-0.25, -0.2) is 4.98 Å². The summed E-state index contributed by atoms with van der Waals surface area (Å²) >= 11 is 8.04. The van der Waals surface area contributed by atoms with Crippen molar-refractivity contribution in [2.75, 3.05) is 0 Å². The van der Waals surface area contributed by atoms with Crippen LogP contribution in [0.1, 0.15) is 22.3 Å². The molecule has 0 saturated heterocycles. The molecule has 0 radical (unpaired) electrons. The van der Waals surface area contributed by atoms with Crippen LogP contribution in [0.3, 0.4) is 0 Å². The number of amides is 2. The van der Waals surface area contributed by atoms with Gasteiger partial charge >= 0.3 is 0 Å². The molecule has 0 saturated carbocycles. The van der Waals surface area contributed by atoms with Gasteiger partial charge < -0.3 is 15.0 Å². The molecule has 0 fully saturated rings. The molecule has 1 atom stereocenters. The molecule has 1 unspecified atom stereocenters. The van der Waals surface area contributed by atoms with Crippen LogP contribution in [-0.4, -0.2) is 27.2 Å². The summed E-state index contributed by atoms with van der Waals surface area (Å²) in [5.74, 6) is -0.530. The number of aromatic nitrogens is 2. The number of rotatable bonds is 5. The van der Waals surface area contributed by atoms with Crippen LogP contribution < -0.4 is 10.6 Å². The average molecular weight is 486 g/mol. The Morgan fingerprint density at radius 1 is 1.24 bits per heavy atom. The molecule has 2 amide bonds. The molecule has 25 heavy (non-hydrogen) atoms. The summed E-state index contributed by atoms with van der Waals surface area (Å²) in [5.41, 5.74) is 1.55. The normalized spacial score (nSPS) is 12.1. The summed E-state index contributed by atoms with van der Waals surface area (Å²) in [6.07, 6.45) is 3.75. The first kappa shape index (κ1) is 18.1. The van der Waals surface area contributed by atoms with E-state index in [1.165, 1.54) is 11.3 Å². The molecule has 3 heterocycles. The molecule has 130 valence electrons. The summed E-state index contributed by atoms with van der Waals surface area (Å²) in [6.45, 7) is 1.94. The van der Waals surface area contributed by atoms with Crippen LogP contribution in [0.5, 0.6) is 0 Å². The number of pyridine rings is 1. The second-order valence-corrected chi connectivity index (χ2v) is 8.74. The van der Waals surface area contributed by atoms with Crippen LogP contribution in [0.2, 0.25) is 0 Å². The van der Waals surface area contributed by atoms with Gasteiger partial charge in [-0.3, -0.25) is 9.59 Å². The first-order valence-corrected chi connectivity index (χ1v) is 9.79. The van der Waals surface area contributed by atoms with E-state index >= 15 is 0 Å². The van der Waals surface area contributed by atoms with Crippen molar-refractivity contribution in [2.24, 2.45) is 0 Å². The molecule has 2 N–H and O–H groups in total. The number of hydrogen-bond donors (Lipinski definition) is 2. The highest BCUT2D eigenvalue weighted by atomic mass is 79.9. The van der Waals surface area contributed by atoms with Gasteiger partial charge in [0.15, 0.2) is 0 Å². The number of imidazole rings is 1. The number of nitrogens with zero attached hydrogens (tertiary/aromatic N) is 2. The largest absolute Gasteiger partial charge is 0.349 e. The maximum absolute atomic E-state index is 12.2. The number of carbonyl (C=O) groups excluding carboxylic acids is 2. The van der Waals surface area contributed by atoms with E-state index < -0.39 is 6.04 Å². The van der Waals surface area contributed by atoms with E-state index in [0.717, 1.165) is 19.6 Å². The monoisotopic (exact) mass is 484 g/mol. The lowest BCUT2D eigenvalue weighted by atomic mass is 10.3. The Labute approximate surface area is 164 Å². The molecule has 3 aromatic rings. The summed E-state index contributed by atoms with van der Waals surface area (Å²) in [5, 5.41) is 5.48. The van der Waals surface area contributed by atoms with Crippen molar-refractivity contribution in [1.29, 1.82) is 0 Å². The third kappa shape index (κ3) is 4.47. The third-order valence-electron chi connectivity index (χ3n) is 3.45. The number of thiophene rings is 1. The van der Waals surface area contributed by atoms with Gasteiger partial charge in [-0.1, -0.05) is 0 Å². The van der Waals surface area contributed by atoms with Gasteiger partial charge in [-0.2, -0.15) is 0 Å².